The monoisotopic (exact) mass is 1520 g/mol. The van der Waals surface area contributed by atoms with E-state index in [9.17, 15) is 28.8 Å². The summed E-state index contributed by atoms with van der Waals surface area (Å²) in [5.41, 5.74) is 11.8. The molecule has 0 heterocycles. The van der Waals surface area contributed by atoms with Crippen LogP contribution in [0.25, 0.3) is 67.4 Å². The Kier molecular flexibility index (Phi) is 31.2. The van der Waals surface area contributed by atoms with Crippen LogP contribution in [-0.2, 0) is 27.6 Å². The Balaban J connectivity index is 0.000000249. The van der Waals surface area contributed by atoms with Crippen LogP contribution in [0.15, 0.2) is 192 Å². The number of benzene rings is 8. The van der Waals surface area contributed by atoms with Gasteiger partial charge in [0.2, 0.25) is 5.91 Å². The average molecular weight is 1520 g/mol. The van der Waals surface area contributed by atoms with Gasteiger partial charge in [-0.3, -0.25) is 24.0 Å². The van der Waals surface area contributed by atoms with E-state index < -0.39 is 8.80 Å². The van der Waals surface area contributed by atoms with Crippen molar-refractivity contribution in [3.8, 4) is 0 Å². The van der Waals surface area contributed by atoms with Gasteiger partial charge in [-0.05, 0) is 82.0 Å². The SMILES string of the molecule is C=C(C)C(=O)NCC[N+](C)(C)CC1=Cc2cccc3cccc(c23)C1=O.C=C(C)C(=O)OCC[N+](C)(C)CC1=Cc2cccc3cccc(c23)C1=O.CO[Si](CCC[N+](C)(C)CC1=Cc2cccc3cccc(c23)C1=O)(OC)OC.C[N+](C)(CCO)CC1=Cc2cccc3cccc(c23)C1=O.[Cl-].[Cl-].[Cl-].[Cl-]. The van der Waals surface area contributed by atoms with Gasteiger partial charge in [-0.1, -0.05) is 159 Å². The van der Waals surface area contributed by atoms with Crippen molar-refractivity contribution in [2.24, 2.45) is 0 Å². The van der Waals surface area contributed by atoms with Crippen LogP contribution in [0, 0.1) is 0 Å². The maximum Gasteiger partial charge on any atom is 0.500 e. The van der Waals surface area contributed by atoms with Crippen molar-refractivity contribution in [1.82, 2.24) is 5.32 Å². The van der Waals surface area contributed by atoms with Crippen molar-refractivity contribution >= 4 is 111 Å². The second kappa shape index (κ2) is 37.4. The molecule has 0 spiro atoms. The standard InChI is InChI=1S/C22H24N2O2.C22H30NO4Si.C22H24NO3.C18H20NO2.4ClH/c1-15(2)22(26)23-11-12-24(3,4)14-18-13-17-9-5-7-16-8-6-10-19(20(16)17)21(18)25;1-23(2,13-8-14-28(25-3,26-4)27-5)16-19-15-18-11-6-9-17-10-7-12-20(21(17)18)22(19)24;1-15(2)22(25)26-12-11-23(3,4)14-18-13-17-9-5-7-16-8-6-10-19(20(16)17)21(18)24;1-19(2,9-10-20)12-15-11-14-7-3-5-13-6-4-8-16(17(13)14)18(15)21;;;;/h5-10,13H,1,11-12,14H2,2-4H3;6-7,9-12,15H,8,13-14,16H2,1-5H3;5-10,13H,1,11-12,14H2,2-4H3;3-8,11,20H,9-10,12H2,1-2H3;4*1H/q;3*+1;;;;/p-3. The zero-order valence-electron chi connectivity index (χ0n) is 62.6. The second-order valence-corrected chi connectivity index (χ2v) is 32.4. The Morgan fingerprint density at radius 1 is 0.419 bits per heavy atom. The summed E-state index contributed by atoms with van der Waals surface area (Å²) in [7, 11) is 19.0. The Morgan fingerprint density at radius 3 is 0.990 bits per heavy atom. The number of amides is 1. The lowest BCUT2D eigenvalue weighted by Crippen LogP contribution is -3.00. The molecule has 0 atom stereocenters. The third-order valence-corrected chi connectivity index (χ3v) is 22.0. The number of halogens is 4. The van der Waals surface area contributed by atoms with Crippen LogP contribution in [0.2, 0.25) is 6.04 Å². The number of nitrogens with zero attached hydrogens (tertiary/aromatic N) is 4. The predicted molar refractivity (Wildman–Crippen MR) is 409 cm³/mol. The van der Waals surface area contributed by atoms with Crippen LogP contribution in [-0.4, -0.2) is 217 Å². The molecule has 0 saturated carbocycles. The first kappa shape index (κ1) is 87.6. The van der Waals surface area contributed by atoms with Crippen LogP contribution in [0.4, 0.5) is 0 Å². The number of hydrogen-bond donors (Lipinski definition) is 2. The summed E-state index contributed by atoms with van der Waals surface area (Å²) in [4.78, 5) is 75.0. The molecule has 105 heavy (non-hydrogen) atoms. The molecule has 16 nitrogen and oxygen atoms in total. The minimum absolute atomic E-state index is 0. The Morgan fingerprint density at radius 2 is 0.705 bits per heavy atom. The van der Waals surface area contributed by atoms with Gasteiger partial charge in [-0.15, -0.1) is 0 Å². The van der Waals surface area contributed by atoms with E-state index in [1.54, 1.807) is 35.2 Å². The molecule has 0 aromatic heterocycles. The van der Waals surface area contributed by atoms with Crippen LogP contribution < -0.4 is 54.9 Å². The van der Waals surface area contributed by atoms with Crippen LogP contribution in [0.5, 0.6) is 0 Å². The molecule has 8 aromatic carbocycles. The van der Waals surface area contributed by atoms with E-state index in [2.05, 4.69) is 89.1 Å². The molecule has 0 aliphatic heterocycles. The Bertz CT molecular complexity index is 4540. The fourth-order valence-electron chi connectivity index (χ4n) is 13.7. The number of carbonyl (C=O) groups excluding carboxylic acids is 6. The molecule has 0 radical (unpaired) electrons. The highest BCUT2D eigenvalue weighted by Gasteiger charge is 2.39. The average Bonchev–Trinajstić information content (AvgIpc) is 0.784. The molecule has 4 aliphatic rings. The molecule has 0 fully saturated rings. The number of Topliss-reactive ketones (excluding diaryl/α,β-unsaturated/α-hetero) is 4. The van der Waals surface area contributed by atoms with Gasteiger partial charge in [-0.25, -0.2) is 4.79 Å². The minimum atomic E-state index is -2.55. The maximum atomic E-state index is 13.1. The molecule has 0 saturated heterocycles. The smallest absolute Gasteiger partial charge is 0.500 e. The van der Waals surface area contributed by atoms with Gasteiger partial charge in [0.25, 0.3) is 0 Å². The third-order valence-electron chi connectivity index (χ3n) is 19.2. The fraction of sp³-hybridized carbons (Fsp3) is 0.310. The molecule has 12 rings (SSSR count). The number of quaternary nitrogens is 4. The van der Waals surface area contributed by atoms with Gasteiger partial charge in [0, 0.05) is 88.7 Å². The number of hydrogen-bond acceptors (Lipinski definition) is 11. The number of nitrogens with one attached hydrogen (secondary N) is 1. The molecule has 8 aromatic rings. The predicted octanol–water partition coefficient (Wildman–Crippen LogP) is 1.07. The first-order chi connectivity index (χ1) is 47.9. The van der Waals surface area contributed by atoms with Crippen LogP contribution in [0.1, 0.15) is 84.0 Å². The summed E-state index contributed by atoms with van der Waals surface area (Å²) in [6, 6.07) is 48.9. The lowest BCUT2D eigenvalue weighted by molar-refractivity contribution is -0.885. The molecule has 21 heteroatoms. The van der Waals surface area contributed by atoms with Gasteiger partial charge < -0.3 is 96.0 Å². The zero-order chi connectivity index (χ0) is 73.2. The molecule has 0 bridgehead atoms. The molecular weight excluding hydrogens is 1420 g/mol. The molecule has 0 unspecified atom stereocenters. The lowest BCUT2D eigenvalue weighted by atomic mass is 9.87. The van der Waals surface area contributed by atoms with Crippen LogP contribution >= 0.6 is 0 Å². The van der Waals surface area contributed by atoms with E-state index in [-0.39, 0.29) is 91.2 Å². The summed E-state index contributed by atoms with van der Waals surface area (Å²) < 4.78 is 24.2. The topological polar surface area (TPSA) is 172 Å². The van der Waals surface area contributed by atoms with E-state index in [1.165, 1.54) is 0 Å². The van der Waals surface area contributed by atoms with Gasteiger partial charge in [0.05, 0.1) is 105 Å². The third kappa shape index (κ3) is 21.4. The lowest BCUT2D eigenvalue weighted by Gasteiger charge is -2.32. The van der Waals surface area contributed by atoms with Crippen molar-refractivity contribution in [3.05, 3.63) is 237 Å². The van der Waals surface area contributed by atoms with Crippen molar-refractivity contribution in [2.75, 3.05) is 150 Å². The highest BCUT2D eigenvalue weighted by atomic mass is 35.5. The van der Waals surface area contributed by atoms with Gasteiger partial charge >= 0.3 is 14.8 Å². The summed E-state index contributed by atoms with van der Waals surface area (Å²) in [6.07, 6.45) is 9.00. The van der Waals surface area contributed by atoms with E-state index in [1.807, 2.05) is 156 Å². The second-order valence-electron chi connectivity index (χ2n) is 29.3. The summed E-state index contributed by atoms with van der Waals surface area (Å²) >= 11 is 0. The maximum absolute atomic E-state index is 13.1. The highest BCUT2D eigenvalue weighted by Crippen LogP contribution is 2.37. The molecule has 2 N–H and O–H groups in total. The first-order valence-electron chi connectivity index (χ1n) is 34.3. The Hall–Kier alpha value is -8.08. The van der Waals surface area contributed by atoms with E-state index in [0.717, 1.165) is 140 Å². The highest BCUT2D eigenvalue weighted by molar-refractivity contribution is 6.60. The van der Waals surface area contributed by atoms with Crippen LogP contribution in [0.3, 0.4) is 0 Å². The van der Waals surface area contributed by atoms with Crippen molar-refractivity contribution < 1.29 is 119 Å². The van der Waals surface area contributed by atoms with Crippen molar-refractivity contribution in [3.63, 3.8) is 0 Å². The number of rotatable bonds is 25. The number of ketones is 4. The van der Waals surface area contributed by atoms with Gasteiger partial charge in [0.1, 0.15) is 45.9 Å². The zero-order valence-corrected chi connectivity index (χ0v) is 66.6. The number of likely N-dealkylation sites (N-methyl/N-ethyl adjacent to an activating group) is 4. The van der Waals surface area contributed by atoms with E-state index in [0.29, 0.717) is 77.0 Å². The number of aliphatic hydroxyl groups is 1. The van der Waals surface area contributed by atoms with Crippen molar-refractivity contribution in [1.29, 1.82) is 0 Å². The van der Waals surface area contributed by atoms with E-state index in [4.69, 9.17) is 23.1 Å². The summed E-state index contributed by atoms with van der Waals surface area (Å²) in [6.45, 7) is 16.9. The quantitative estimate of drug-likeness (QED) is 0.0364. The number of aliphatic hydroxyl groups excluding tert-OH is 1. The largest absolute Gasteiger partial charge is 1.00 e. The normalized spacial score (nSPS) is 13.4. The Labute approximate surface area is 644 Å². The van der Waals surface area contributed by atoms with Gasteiger partial charge in [0.15, 0.2) is 23.1 Å². The van der Waals surface area contributed by atoms with Gasteiger partial charge in [-0.2, -0.15) is 0 Å². The minimum Gasteiger partial charge on any atom is -1.00 e. The molecule has 4 aliphatic carbocycles. The fourth-order valence-corrected chi connectivity index (χ4v) is 15.4. The summed E-state index contributed by atoms with van der Waals surface area (Å²) in [5, 5.41) is 20.6. The molecule has 558 valence electrons. The number of esters is 1. The number of carbonyl (C=O) groups is 6. The molecular formula is C84H99Cl4N5O11Si. The number of ether oxygens (including phenoxy) is 1. The van der Waals surface area contributed by atoms with Crippen molar-refractivity contribution in [2.45, 2.75) is 26.3 Å². The first-order valence-corrected chi connectivity index (χ1v) is 36.3. The van der Waals surface area contributed by atoms with E-state index >= 15 is 0 Å². The molecule has 1 amide bonds. The summed E-state index contributed by atoms with van der Waals surface area (Å²) in [5.74, 6) is -0.0589.